The lowest BCUT2D eigenvalue weighted by molar-refractivity contribution is 0.0407. The highest BCUT2D eigenvalue weighted by Gasteiger charge is 2.36. The minimum absolute atomic E-state index is 0.0699. The van der Waals surface area contributed by atoms with Gasteiger partial charge in [-0.15, -0.1) is 0 Å². The van der Waals surface area contributed by atoms with Crippen LogP contribution in [0.1, 0.15) is 33.6 Å². The van der Waals surface area contributed by atoms with Crippen LogP contribution in [0.25, 0.3) is 0 Å². The van der Waals surface area contributed by atoms with Crippen molar-refractivity contribution in [2.24, 2.45) is 5.84 Å². The molecule has 0 radical (unpaired) electrons. The molecule has 1 aliphatic heterocycles. The summed E-state index contributed by atoms with van der Waals surface area (Å²) in [7, 11) is 0. The minimum Gasteiger partial charge on any atom is -0.380 e. The first-order valence-corrected chi connectivity index (χ1v) is 5.91. The fourth-order valence-corrected chi connectivity index (χ4v) is 2.21. The highest BCUT2D eigenvalue weighted by Crippen LogP contribution is 2.24. The Morgan fingerprint density at radius 3 is 2.47 bits per heavy atom. The molecule has 1 aliphatic rings. The summed E-state index contributed by atoms with van der Waals surface area (Å²) < 4.78 is 5.46. The van der Waals surface area contributed by atoms with Gasteiger partial charge in [-0.1, -0.05) is 0 Å². The molecule has 0 aliphatic carbocycles. The number of nitrogens with zero attached hydrogens (tertiary/aromatic N) is 1. The van der Waals surface area contributed by atoms with Crippen LogP contribution in [-0.4, -0.2) is 42.8 Å². The standard InChI is InChI=1S/C11H25N3O/c1-4-15-9-10(13-12)11(2,3)14-7-5-6-8-14/h10,13H,4-9,12H2,1-3H3. The summed E-state index contributed by atoms with van der Waals surface area (Å²) >= 11 is 0. The Morgan fingerprint density at radius 2 is 2.00 bits per heavy atom. The van der Waals surface area contributed by atoms with Crippen molar-refractivity contribution in [3.63, 3.8) is 0 Å². The topological polar surface area (TPSA) is 50.5 Å². The van der Waals surface area contributed by atoms with Crippen LogP contribution in [0, 0.1) is 0 Å². The second kappa shape index (κ2) is 5.80. The van der Waals surface area contributed by atoms with Crippen LogP contribution in [0.5, 0.6) is 0 Å². The van der Waals surface area contributed by atoms with Gasteiger partial charge in [-0.2, -0.15) is 0 Å². The van der Waals surface area contributed by atoms with Crippen LogP contribution in [0.15, 0.2) is 0 Å². The first-order chi connectivity index (χ1) is 7.12. The largest absolute Gasteiger partial charge is 0.380 e. The molecule has 1 heterocycles. The van der Waals surface area contributed by atoms with E-state index in [9.17, 15) is 0 Å². The molecule has 0 aromatic heterocycles. The van der Waals surface area contributed by atoms with Gasteiger partial charge in [0.15, 0.2) is 0 Å². The van der Waals surface area contributed by atoms with Crippen LogP contribution in [0.3, 0.4) is 0 Å². The Balaban J connectivity index is 2.54. The summed E-state index contributed by atoms with van der Waals surface area (Å²) in [5.74, 6) is 5.61. The number of hydrazine groups is 1. The molecule has 3 N–H and O–H groups in total. The molecule has 1 saturated heterocycles. The lowest BCUT2D eigenvalue weighted by Crippen LogP contribution is -2.60. The smallest absolute Gasteiger partial charge is 0.0650 e. The van der Waals surface area contributed by atoms with Gasteiger partial charge < -0.3 is 4.74 Å². The second-order valence-corrected chi connectivity index (χ2v) is 4.73. The predicted octanol–water partition coefficient (Wildman–Crippen LogP) is 0.729. The second-order valence-electron chi connectivity index (χ2n) is 4.73. The maximum absolute atomic E-state index is 5.61. The summed E-state index contributed by atoms with van der Waals surface area (Å²) in [6.45, 7) is 10.3. The molecule has 0 aromatic carbocycles. The van der Waals surface area contributed by atoms with E-state index in [2.05, 4.69) is 24.2 Å². The van der Waals surface area contributed by atoms with E-state index in [1.807, 2.05) is 6.92 Å². The molecule has 1 rings (SSSR count). The monoisotopic (exact) mass is 215 g/mol. The fraction of sp³-hybridized carbons (Fsp3) is 1.00. The SMILES string of the molecule is CCOCC(NN)C(C)(C)N1CCCC1. The van der Waals surface area contributed by atoms with Crippen molar-refractivity contribution in [3.05, 3.63) is 0 Å². The first-order valence-electron chi connectivity index (χ1n) is 5.91. The average Bonchev–Trinajstić information content (AvgIpc) is 2.72. The molecule has 1 unspecified atom stereocenters. The number of likely N-dealkylation sites (tertiary alicyclic amines) is 1. The minimum atomic E-state index is 0.0699. The van der Waals surface area contributed by atoms with Crippen molar-refractivity contribution >= 4 is 0 Å². The summed E-state index contributed by atoms with van der Waals surface area (Å²) in [5, 5.41) is 0. The van der Waals surface area contributed by atoms with E-state index in [1.165, 1.54) is 25.9 Å². The highest BCUT2D eigenvalue weighted by atomic mass is 16.5. The van der Waals surface area contributed by atoms with Crippen LogP contribution < -0.4 is 11.3 Å². The Labute approximate surface area is 93.1 Å². The van der Waals surface area contributed by atoms with E-state index in [0.29, 0.717) is 6.61 Å². The van der Waals surface area contributed by atoms with Gasteiger partial charge in [-0.05, 0) is 46.7 Å². The molecule has 4 nitrogen and oxygen atoms in total. The Kier molecular flexibility index (Phi) is 4.99. The Bertz CT molecular complexity index is 179. The Morgan fingerprint density at radius 1 is 1.40 bits per heavy atom. The van der Waals surface area contributed by atoms with Gasteiger partial charge in [-0.3, -0.25) is 16.2 Å². The normalized spacial score (nSPS) is 20.8. The van der Waals surface area contributed by atoms with Gasteiger partial charge in [-0.25, -0.2) is 0 Å². The molecular weight excluding hydrogens is 190 g/mol. The van der Waals surface area contributed by atoms with Crippen LogP contribution >= 0.6 is 0 Å². The molecule has 0 amide bonds. The summed E-state index contributed by atoms with van der Waals surface area (Å²) in [4.78, 5) is 2.50. The molecule has 0 spiro atoms. The van der Waals surface area contributed by atoms with Crippen LogP contribution in [0.4, 0.5) is 0 Å². The third kappa shape index (κ3) is 3.14. The van der Waals surface area contributed by atoms with Crippen molar-refractivity contribution in [1.82, 2.24) is 10.3 Å². The van der Waals surface area contributed by atoms with Gasteiger partial charge >= 0.3 is 0 Å². The molecule has 15 heavy (non-hydrogen) atoms. The zero-order valence-electron chi connectivity index (χ0n) is 10.3. The van der Waals surface area contributed by atoms with E-state index >= 15 is 0 Å². The van der Waals surface area contributed by atoms with Crippen molar-refractivity contribution in [3.8, 4) is 0 Å². The summed E-state index contributed by atoms with van der Waals surface area (Å²) in [5.41, 5.74) is 2.96. The quantitative estimate of drug-likeness (QED) is 0.506. The molecule has 0 saturated carbocycles. The zero-order valence-corrected chi connectivity index (χ0v) is 10.3. The summed E-state index contributed by atoms with van der Waals surface area (Å²) in [6.07, 6.45) is 2.60. The van der Waals surface area contributed by atoms with Crippen LogP contribution in [-0.2, 0) is 4.74 Å². The molecule has 90 valence electrons. The fourth-order valence-electron chi connectivity index (χ4n) is 2.21. The van der Waals surface area contributed by atoms with E-state index in [4.69, 9.17) is 10.6 Å². The van der Waals surface area contributed by atoms with Gasteiger partial charge in [0.25, 0.3) is 0 Å². The van der Waals surface area contributed by atoms with E-state index in [0.717, 1.165) is 6.61 Å². The summed E-state index contributed by atoms with van der Waals surface area (Å²) in [6, 6.07) is 0.190. The molecule has 0 bridgehead atoms. The molecule has 1 atom stereocenters. The predicted molar refractivity (Wildman–Crippen MR) is 62.5 cm³/mol. The number of hydrogen-bond acceptors (Lipinski definition) is 4. The van der Waals surface area contributed by atoms with E-state index in [1.54, 1.807) is 0 Å². The number of nitrogens with two attached hydrogens (primary N) is 1. The van der Waals surface area contributed by atoms with Gasteiger partial charge in [0.2, 0.25) is 0 Å². The highest BCUT2D eigenvalue weighted by molar-refractivity contribution is 4.94. The van der Waals surface area contributed by atoms with Crippen molar-refractivity contribution < 1.29 is 4.74 Å². The first kappa shape index (κ1) is 12.9. The van der Waals surface area contributed by atoms with Crippen molar-refractivity contribution in [2.45, 2.75) is 45.2 Å². The average molecular weight is 215 g/mol. The van der Waals surface area contributed by atoms with Gasteiger partial charge in [0, 0.05) is 12.1 Å². The lowest BCUT2D eigenvalue weighted by Gasteiger charge is -2.41. The van der Waals surface area contributed by atoms with Gasteiger partial charge in [0.1, 0.15) is 0 Å². The van der Waals surface area contributed by atoms with Gasteiger partial charge in [0.05, 0.1) is 12.6 Å². The zero-order chi connectivity index (χ0) is 11.3. The maximum atomic E-state index is 5.61. The van der Waals surface area contributed by atoms with E-state index in [-0.39, 0.29) is 11.6 Å². The maximum Gasteiger partial charge on any atom is 0.0650 e. The number of ether oxygens (including phenoxy) is 1. The van der Waals surface area contributed by atoms with Crippen LogP contribution in [0.2, 0.25) is 0 Å². The van der Waals surface area contributed by atoms with E-state index < -0.39 is 0 Å². The molecule has 4 heteroatoms. The third-order valence-corrected chi connectivity index (χ3v) is 3.46. The number of hydrogen-bond donors (Lipinski definition) is 2. The number of nitrogens with one attached hydrogen (secondary N) is 1. The third-order valence-electron chi connectivity index (χ3n) is 3.46. The molecule has 0 aromatic rings. The van der Waals surface area contributed by atoms with Crippen molar-refractivity contribution in [1.29, 1.82) is 0 Å². The van der Waals surface area contributed by atoms with Crippen molar-refractivity contribution in [2.75, 3.05) is 26.3 Å². The molecular formula is C11H25N3O. The number of rotatable bonds is 6. The molecule has 1 fully saturated rings. The lowest BCUT2D eigenvalue weighted by atomic mass is 9.93. The Hall–Kier alpha value is -0.160.